The largest absolute Gasteiger partial charge is 0.493 e. The molecule has 1 amide bonds. The highest BCUT2D eigenvalue weighted by atomic mass is 35.5. The molecule has 1 atom stereocenters. The normalized spacial score (nSPS) is 15.1. The number of halogens is 1. The number of fused-ring (bicyclic) bond motifs is 1. The van der Waals surface area contributed by atoms with Gasteiger partial charge in [0.25, 0.3) is 5.91 Å². The SMILES string of the molecule is COc1cc([C@H]2NC(=O)c3c(sc(C)c3C)N2)ccc1OC(=O)c1ccc(Cl)cc1. The maximum atomic E-state index is 12.6. The van der Waals surface area contributed by atoms with E-state index in [1.165, 1.54) is 7.11 Å². The Bertz CT molecular complexity index is 1140. The van der Waals surface area contributed by atoms with Crippen molar-refractivity contribution in [1.29, 1.82) is 0 Å². The van der Waals surface area contributed by atoms with Crippen LogP contribution in [-0.4, -0.2) is 19.0 Å². The van der Waals surface area contributed by atoms with E-state index in [0.29, 0.717) is 21.9 Å². The Balaban J connectivity index is 1.57. The molecule has 0 saturated heterocycles. The van der Waals surface area contributed by atoms with E-state index in [4.69, 9.17) is 21.1 Å². The summed E-state index contributed by atoms with van der Waals surface area (Å²) in [4.78, 5) is 26.1. The van der Waals surface area contributed by atoms with E-state index < -0.39 is 12.1 Å². The van der Waals surface area contributed by atoms with E-state index in [1.807, 2.05) is 13.8 Å². The Hall–Kier alpha value is -3.03. The summed E-state index contributed by atoms with van der Waals surface area (Å²) >= 11 is 7.42. The average molecular weight is 443 g/mol. The monoisotopic (exact) mass is 442 g/mol. The third-order valence-corrected chi connectivity index (χ3v) is 6.36. The van der Waals surface area contributed by atoms with Crippen molar-refractivity contribution in [2.24, 2.45) is 0 Å². The summed E-state index contributed by atoms with van der Waals surface area (Å²) in [6, 6.07) is 11.6. The molecule has 3 aromatic rings. The highest BCUT2D eigenvalue weighted by Crippen LogP contribution is 2.38. The Labute approximate surface area is 182 Å². The molecule has 0 saturated carbocycles. The molecule has 0 bridgehead atoms. The quantitative estimate of drug-likeness (QED) is 0.434. The molecule has 6 nitrogen and oxygen atoms in total. The number of nitrogens with one attached hydrogen (secondary N) is 2. The molecular weight excluding hydrogens is 424 g/mol. The second-order valence-corrected chi connectivity index (χ2v) is 8.51. The number of anilines is 1. The molecule has 0 fully saturated rings. The zero-order chi connectivity index (χ0) is 21.4. The van der Waals surface area contributed by atoms with Gasteiger partial charge in [-0.2, -0.15) is 0 Å². The number of esters is 1. The minimum Gasteiger partial charge on any atom is -0.493 e. The lowest BCUT2D eigenvalue weighted by Crippen LogP contribution is -2.38. The molecule has 0 aliphatic carbocycles. The van der Waals surface area contributed by atoms with Gasteiger partial charge in [-0.25, -0.2) is 4.79 Å². The van der Waals surface area contributed by atoms with Crippen LogP contribution in [0.3, 0.4) is 0 Å². The summed E-state index contributed by atoms with van der Waals surface area (Å²) in [5.41, 5.74) is 2.83. The lowest BCUT2D eigenvalue weighted by molar-refractivity contribution is 0.0729. The topological polar surface area (TPSA) is 76.7 Å². The van der Waals surface area contributed by atoms with E-state index in [0.717, 1.165) is 21.0 Å². The fourth-order valence-corrected chi connectivity index (χ4v) is 4.44. The molecule has 2 heterocycles. The van der Waals surface area contributed by atoms with E-state index in [2.05, 4.69) is 10.6 Å². The van der Waals surface area contributed by atoms with Gasteiger partial charge in [-0.1, -0.05) is 17.7 Å². The first-order valence-corrected chi connectivity index (χ1v) is 10.4. The number of hydrogen-bond donors (Lipinski definition) is 2. The van der Waals surface area contributed by atoms with Crippen molar-refractivity contribution in [3.8, 4) is 11.5 Å². The summed E-state index contributed by atoms with van der Waals surface area (Å²) in [6.07, 6.45) is -0.419. The fourth-order valence-electron chi connectivity index (χ4n) is 3.23. The first-order valence-electron chi connectivity index (χ1n) is 9.20. The number of carbonyl (C=O) groups is 2. The number of aryl methyl sites for hydroxylation is 1. The molecule has 4 rings (SSSR count). The van der Waals surface area contributed by atoms with Crippen molar-refractivity contribution < 1.29 is 19.1 Å². The molecule has 2 N–H and O–H groups in total. The zero-order valence-corrected chi connectivity index (χ0v) is 18.1. The predicted octanol–water partition coefficient (Wildman–Crippen LogP) is 5.10. The van der Waals surface area contributed by atoms with Crippen LogP contribution in [0.4, 0.5) is 5.00 Å². The Morgan fingerprint density at radius 3 is 2.50 bits per heavy atom. The zero-order valence-electron chi connectivity index (χ0n) is 16.5. The van der Waals surface area contributed by atoms with Crippen molar-refractivity contribution in [3.05, 3.63) is 74.6 Å². The highest BCUT2D eigenvalue weighted by Gasteiger charge is 2.29. The number of hydrogen-bond acceptors (Lipinski definition) is 6. The van der Waals surface area contributed by atoms with Gasteiger partial charge in [0, 0.05) is 9.90 Å². The van der Waals surface area contributed by atoms with Crippen LogP contribution >= 0.6 is 22.9 Å². The molecule has 1 aliphatic rings. The number of methoxy groups -OCH3 is 1. The lowest BCUT2D eigenvalue weighted by atomic mass is 10.1. The summed E-state index contributed by atoms with van der Waals surface area (Å²) in [5.74, 6) is 0.0332. The number of ether oxygens (including phenoxy) is 2. The van der Waals surface area contributed by atoms with Crippen molar-refractivity contribution in [3.63, 3.8) is 0 Å². The third kappa shape index (κ3) is 3.74. The molecule has 1 aromatic heterocycles. The van der Waals surface area contributed by atoms with Gasteiger partial charge in [0.1, 0.15) is 11.2 Å². The molecule has 154 valence electrons. The number of benzene rings is 2. The van der Waals surface area contributed by atoms with Crippen LogP contribution in [0.2, 0.25) is 5.02 Å². The van der Waals surface area contributed by atoms with Gasteiger partial charge < -0.3 is 20.1 Å². The maximum absolute atomic E-state index is 12.6. The van der Waals surface area contributed by atoms with Gasteiger partial charge in [0.2, 0.25) is 0 Å². The molecule has 8 heteroatoms. The van der Waals surface area contributed by atoms with Crippen molar-refractivity contribution in [2.75, 3.05) is 12.4 Å². The standard InChI is InChI=1S/C22H19ClN2O4S/c1-11-12(2)30-21-18(11)20(26)24-19(25-21)14-6-9-16(17(10-14)28-3)29-22(27)13-4-7-15(23)8-5-13/h4-10,19,25H,1-3H3,(H,24,26)/t19-/m0/s1. The van der Waals surface area contributed by atoms with E-state index in [-0.39, 0.29) is 11.7 Å². The van der Waals surface area contributed by atoms with Crippen molar-refractivity contribution >= 4 is 39.8 Å². The fraction of sp³-hybridized carbons (Fsp3) is 0.182. The van der Waals surface area contributed by atoms with Gasteiger partial charge >= 0.3 is 5.97 Å². The smallest absolute Gasteiger partial charge is 0.343 e. The highest BCUT2D eigenvalue weighted by molar-refractivity contribution is 7.16. The summed E-state index contributed by atoms with van der Waals surface area (Å²) in [6.45, 7) is 3.94. The predicted molar refractivity (Wildman–Crippen MR) is 117 cm³/mol. The van der Waals surface area contributed by atoms with E-state index in [9.17, 15) is 9.59 Å². The second kappa shape index (κ2) is 8.01. The first kappa shape index (κ1) is 20.3. The summed E-state index contributed by atoms with van der Waals surface area (Å²) in [5, 5.41) is 7.71. The number of rotatable bonds is 4. The van der Waals surface area contributed by atoms with Crippen LogP contribution in [0.25, 0.3) is 0 Å². The van der Waals surface area contributed by atoms with Gasteiger partial charge in [-0.3, -0.25) is 4.79 Å². The van der Waals surface area contributed by atoms with Crippen LogP contribution < -0.4 is 20.1 Å². The van der Waals surface area contributed by atoms with Crippen LogP contribution in [0.1, 0.15) is 42.9 Å². The number of thiophene rings is 1. The Kier molecular flexibility index (Phi) is 5.40. The van der Waals surface area contributed by atoms with Crippen LogP contribution in [0.15, 0.2) is 42.5 Å². The molecular formula is C22H19ClN2O4S. The first-order chi connectivity index (χ1) is 14.4. The van der Waals surface area contributed by atoms with Crippen molar-refractivity contribution in [2.45, 2.75) is 20.0 Å². The lowest BCUT2D eigenvalue weighted by Gasteiger charge is -2.27. The van der Waals surface area contributed by atoms with Gasteiger partial charge in [0.15, 0.2) is 11.5 Å². The maximum Gasteiger partial charge on any atom is 0.343 e. The van der Waals surface area contributed by atoms with Gasteiger partial charge in [-0.05, 0) is 61.4 Å². The van der Waals surface area contributed by atoms with Crippen LogP contribution in [0.5, 0.6) is 11.5 Å². The van der Waals surface area contributed by atoms with Crippen LogP contribution in [-0.2, 0) is 0 Å². The van der Waals surface area contributed by atoms with Crippen molar-refractivity contribution in [1.82, 2.24) is 5.32 Å². The Morgan fingerprint density at radius 2 is 1.80 bits per heavy atom. The molecule has 30 heavy (non-hydrogen) atoms. The molecule has 1 aliphatic heterocycles. The summed E-state index contributed by atoms with van der Waals surface area (Å²) < 4.78 is 10.9. The minimum atomic E-state index is -0.518. The third-order valence-electron chi connectivity index (χ3n) is 4.97. The molecule has 0 spiro atoms. The average Bonchev–Trinajstić information content (AvgIpc) is 3.02. The number of carbonyl (C=O) groups excluding carboxylic acids is 2. The second-order valence-electron chi connectivity index (χ2n) is 6.84. The van der Waals surface area contributed by atoms with Crippen LogP contribution in [0, 0.1) is 13.8 Å². The summed E-state index contributed by atoms with van der Waals surface area (Å²) in [7, 11) is 1.50. The Morgan fingerprint density at radius 1 is 1.07 bits per heavy atom. The minimum absolute atomic E-state index is 0.118. The van der Waals surface area contributed by atoms with Gasteiger partial charge in [0.05, 0.1) is 18.2 Å². The van der Waals surface area contributed by atoms with E-state index >= 15 is 0 Å². The van der Waals surface area contributed by atoms with E-state index in [1.54, 1.807) is 53.8 Å². The molecule has 0 radical (unpaired) electrons. The number of amides is 1. The molecule has 0 unspecified atom stereocenters. The van der Waals surface area contributed by atoms with Gasteiger partial charge in [-0.15, -0.1) is 11.3 Å². The molecule has 2 aromatic carbocycles.